The van der Waals surface area contributed by atoms with E-state index < -0.39 is 54.4 Å². The minimum atomic E-state index is -1.65. The number of carbonyl (C=O) groups is 2. The summed E-state index contributed by atoms with van der Waals surface area (Å²) < 4.78 is 37.7. The Kier molecular flexibility index (Phi) is 26.4. The summed E-state index contributed by atoms with van der Waals surface area (Å²) in [6.07, 6.45) is 14.5. The van der Waals surface area contributed by atoms with Crippen LogP contribution in [-0.2, 0) is 35.0 Å². The lowest BCUT2D eigenvalue weighted by atomic mass is 9.77. The molecule has 0 radical (unpaired) electrons. The predicted octanol–water partition coefficient (Wildman–Crippen LogP) is 7.94. The van der Waals surface area contributed by atoms with E-state index in [-0.39, 0.29) is 53.7 Å². The molecule has 428 valence electrons. The van der Waals surface area contributed by atoms with Gasteiger partial charge in [-0.25, -0.2) is 4.39 Å². The lowest BCUT2D eigenvalue weighted by Gasteiger charge is -2.43. The fraction of sp³-hybridized carbons (Fsp3) is 0.767. The van der Waals surface area contributed by atoms with Gasteiger partial charge < -0.3 is 59.4 Å². The van der Waals surface area contributed by atoms with Crippen LogP contribution >= 0.6 is 0 Å². The Morgan fingerprint density at radius 1 is 1.00 bits per heavy atom. The van der Waals surface area contributed by atoms with Crippen molar-refractivity contribution in [2.24, 2.45) is 23.7 Å². The average Bonchev–Trinajstić information content (AvgIpc) is 3.35. The van der Waals surface area contributed by atoms with Gasteiger partial charge in [-0.2, -0.15) is 0 Å². The Bertz CT molecular complexity index is 1960. The Hall–Kier alpha value is -3.43. The minimum Gasteiger partial charge on any atom is -0.459 e. The van der Waals surface area contributed by atoms with Crippen LogP contribution in [0.1, 0.15) is 151 Å². The molecule has 8 unspecified atom stereocenters. The third kappa shape index (κ3) is 20.1. The number of esters is 1. The van der Waals surface area contributed by atoms with E-state index in [0.717, 1.165) is 68.4 Å². The molecule has 1 aromatic carbocycles. The number of terminal acetylenes is 1. The number of halogens is 1. The highest BCUT2D eigenvalue weighted by Gasteiger charge is 2.47. The number of benzene rings is 1. The molecule has 0 aromatic heterocycles. The number of hydrogen-bond donors (Lipinski definition) is 5. The maximum atomic E-state index is 13.8. The van der Waals surface area contributed by atoms with Gasteiger partial charge in [0.1, 0.15) is 24.5 Å². The molecule has 2 saturated heterocycles. The molecule has 75 heavy (non-hydrogen) atoms. The summed E-state index contributed by atoms with van der Waals surface area (Å²) in [6.45, 7) is 27.5. The molecular formula is C60H101FN4O10. The number of rotatable bonds is 14. The van der Waals surface area contributed by atoms with Crippen LogP contribution in [0.2, 0.25) is 0 Å². The maximum absolute atomic E-state index is 13.8. The minimum absolute atomic E-state index is 0.0458. The maximum Gasteiger partial charge on any atom is 0.311 e. The van der Waals surface area contributed by atoms with E-state index in [2.05, 4.69) is 87.8 Å². The number of cyclic esters (lactones) is 1. The lowest BCUT2D eigenvalue weighted by molar-refractivity contribution is -0.197. The largest absolute Gasteiger partial charge is 0.459 e. The third-order valence-electron chi connectivity index (χ3n) is 16.5. The Morgan fingerprint density at radius 2 is 1.65 bits per heavy atom. The zero-order chi connectivity index (χ0) is 56.6. The van der Waals surface area contributed by atoms with E-state index in [1.54, 1.807) is 21.0 Å². The standard InChI is InChI=1S/C31H59NO7.C27H40FN3O3.C2H2/c1-12-25-31(9,36)27(33)23(6)32(10)18-20(3)14-29(7,35)16-21(4)26(22(5)28(34)39-25)38-24-13-19(2)15-30(8,17-24)37-11;1-19(9-12-30(4)26-15-20(2)34-27(33)17-26)29-25(18-28)16-22-5-7-23(8-6-22)24-10-13-31(14-11-24)21(3)32;1-2/h19-27,33,35-36H,12-18H2,1-11H3;5-8,10,20,25-27,29,33H,1,9,11-18H2,2-4H3;1-2H/t19?,20-,21-,22?,23?,24-,25-,26+,27?,29-,30+,31-;;/m1../s1. The van der Waals surface area contributed by atoms with Crippen LogP contribution in [0.25, 0.3) is 5.57 Å². The van der Waals surface area contributed by atoms with Crippen LogP contribution < -0.4 is 5.32 Å². The zero-order valence-electron chi connectivity index (χ0n) is 48.5. The molecule has 5 N–H and O–H groups in total. The van der Waals surface area contributed by atoms with Crippen LogP contribution in [0.15, 0.2) is 42.6 Å². The number of likely N-dealkylation sites (N-methyl/N-ethyl adjacent to an activating group) is 1. The SMILES string of the molecule is C#C.C=C(CCN(C)C1CC(C)OC(O)C1)NC(CF)Cc1ccc(C2=CCN(C(C)=O)CC2)cc1.CC[C@H]1OC(=O)C(C)[C@@H](O[C@@H]2CC(C)C[C@](C)(OC)C2)[C@H](C)C[C@](C)(O)C[C@@H](C)CN(C)C(C)C(O)[C@]1(C)O. The highest BCUT2D eigenvalue weighted by atomic mass is 19.1. The first-order valence-electron chi connectivity index (χ1n) is 27.8. The first-order valence-corrected chi connectivity index (χ1v) is 27.8. The second-order valence-corrected chi connectivity index (χ2v) is 23.8. The van der Waals surface area contributed by atoms with Gasteiger partial charge in [0.15, 0.2) is 6.29 Å². The van der Waals surface area contributed by atoms with E-state index in [1.165, 1.54) is 5.57 Å². The molecular weight excluding hydrogens is 956 g/mol. The molecule has 4 aliphatic rings. The highest BCUT2D eigenvalue weighted by Crippen LogP contribution is 2.40. The molecule has 1 aliphatic carbocycles. The van der Waals surface area contributed by atoms with Crippen molar-refractivity contribution in [2.75, 3.05) is 54.1 Å². The Balaban J connectivity index is 0.000000386. The number of aliphatic hydroxyl groups excluding tert-OH is 2. The number of amides is 1. The van der Waals surface area contributed by atoms with Crippen LogP contribution in [0, 0.1) is 36.5 Å². The molecule has 3 aliphatic heterocycles. The number of hydrogen-bond acceptors (Lipinski definition) is 13. The van der Waals surface area contributed by atoms with E-state index in [4.69, 9.17) is 18.9 Å². The smallest absolute Gasteiger partial charge is 0.311 e. The number of alkyl halides is 1. The van der Waals surface area contributed by atoms with Gasteiger partial charge in [0.05, 0.1) is 41.5 Å². The number of ether oxygens (including phenoxy) is 4. The summed E-state index contributed by atoms with van der Waals surface area (Å²) in [5.74, 6) is -0.563. The number of aliphatic hydroxyl groups is 4. The molecule has 0 spiro atoms. The van der Waals surface area contributed by atoms with Crippen molar-refractivity contribution in [3.63, 3.8) is 0 Å². The van der Waals surface area contributed by atoms with Crippen molar-refractivity contribution in [1.82, 2.24) is 20.0 Å². The van der Waals surface area contributed by atoms with Gasteiger partial charge in [-0.3, -0.25) is 9.59 Å². The summed E-state index contributed by atoms with van der Waals surface area (Å²) in [5, 5.41) is 47.3. The van der Waals surface area contributed by atoms with Crippen molar-refractivity contribution >= 4 is 17.4 Å². The van der Waals surface area contributed by atoms with Crippen LogP contribution in [0.4, 0.5) is 4.39 Å². The average molecular weight is 1060 g/mol. The molecule has 15 heteroatoms. The second-order valence-electron chi connectivity index (χ2n) is 23.8. The molecule has 3 fully saturated rings. The predicted molar refractivity (Wildman–Crippen MR) is 297 cm³/mol. The number of nitrogens with one attached hydrogen (secondary N) is 1. The molecule has 1 amide bonds. The summed E-state index contributed by atoms with van der Waals surface area (Å²) in [5.41, 5.74) is 1.43. The molecule has 5 rings (SSSR count). The topological polar surface area (TPSA) is 174 Å². The summed E-state index contributed by atoms with van der Waals surface area (Å²) in [4.78, 5) is 31.2. The quantitative estimate of drug-likeness (QED) is 0.0899. The highest BCUT2D eigenvalue weighted by molar-refractivity contribution is 5.76. The molecule has 0 bridgehead atoms. The van der Waals surface area contributed by atoms with Gasteiger partial charge in [-0.1, -0.05) is 64.6 Å². The van der Waals surface area contributed by atoms with Crippen molar-refractivity contribution in [3.05, 3.63) is 53.7 Å². The third-order valence-corrected chi connectivity index (χ3v) is 16.5. The normalized spacial score (nSPS) is 35.9. The molecule has 16 atom stereocenters. The van der Waals surface area contributed by atoms with Crippen molar-refractivity contribution < 1.29 is 53.4 Å². The Labute approximate surface area is 452 Å². The lowest BCUT2D eigenvalue weighted by Crippen LogP contribution is -2.59. The summed E-state index contributed by atoms with van der Waals surface area (Å²) >= 11 is 0. The molecule has 1 saturated carbocycles. The van der Waals surface area contributed by atoms with Crippen LogP contribution in [-0.4, -0.2) is 173 Å². The fourth-order valence-corrected chi connectivity index (χ4v) is 12.2. The second kappa shape index (κ2) is 30.1. The van der Waals surface area contributed by atoms with Gasteiger partial charge in [0.2, 0.25) is 5.91 Å². The monoisotopic (exact) mass is 1060 g/mol. The number of carbonyl (C=O) groups excluding carboxylic acids is 2. The van der Waals surface area contributed by atoms with Gasteiger partial charge >= 0.3 is 5.97 Å². The van der Waals surface area contributed by atoms with Gasteiger partial charge in [-0.15, -0.1) is 12.8 Å². The van der Waals surface area contributed by atoms with Crippen LogP contribution in [0.5, 0.6) is 0 Å². The van der Waals surface area contributed by atoms with E-state index in [0.29, 0.717) is 51.1 Å². The molecule has 3 heterocycles. The van der Waals surface area contributed by atoms with Crippen molar-refractivity contribution in [2.45, 2.75) is 219 Å². The van der Waals surface area contributed by atoms with Gasteiger partial charge in [0.25, 0.3) is 0 Å². The number of methoxy groups -OCH3 is 1. The summed E-state index contributed by atoms with van der Waals surface area (Å²) in [6, 6.07) is 7.87. The van der Waals surface area contributed by atoms with Crippen molar-refractivity contribution in [1.29, 1.82) is 0 Å². The summed E-state index contributed by atoms with van der Waals surface area (Å²) in [7, 11) is 5.70. The van der Waals surface area contributed by atoms with Gasteiger partial charge in [-0.05, 0) is 148 Å². The molecule has 14 nitrogen and oxygen atoms in total. The Morgan fingerprint density at radius 3 is 2.21 bits per heavy atom. The number of nitrogens with zero attached hydrogens (tertiary/aromatic N) is 3. The van der Waals surface area contributed by atoms with Crippen LogP contribution in [0.3, 0.4) is 0 Å². The van der Waals surface area contributed by atoms with E-state index >= 15 is 0 Å². The van der Waals surface area contributed by atoms with E-state index in [1.807, 2.05) is 58.4 Å². The fourth-order valence-electron chi connectivity index (χ4n) is 12.2. The van der Waals surface area contributed by atoms with E-state index in [9.17, 15) is 34.4 Å². The molecule has 1 aromatic rings. The van der Waals surface area contributed by atoms with Gasteiger partial charge in [0, 0.05) is 70.8 Å². The first-order chi connectivity index (χ1) is 35.1. The van der Waals surface area contributed by atoms with Crippen molar-refractivity contribution in [3.8, 4) is 12.8 Å². The zero-order valence-corrected chi connectivity index (χ0v) is 48.5. The first kappa shape index (κ1) is 65.9.